The highest BCUT2D eigenvalue weighted by molar-refractivity contribution is 7.99. The molecular weight excluding hydrogens is 222 g/mol. The largest absolute Gasteiger partial charge is 0.377 e. The van der Waals surface area contributed by atoms with Gasteiger partial charge in [-0.25, -0.2) is 0 Å². The number of hydrogen-bond donors (Lipinski definition) is 1. The van der Waals surface area contributed by atoms with Gasteiger partial charge in [-0.05, 0) is 12.8 Å². The third-order valence-corrected chi connectivity index (χ3v) is 3.75. The van der Waals surface area contributed by atoms with Gasteiger partial charge < -0.3 is 4.74 Å². The van der Waals surface area contributed by atoms with Crippen LogP contribution in [0.2, 0.25) is 0 Å². The fraction of sp³-hybridized carbons (Fsp3) is 0.818. The maximum atomic E-state index is 5.88. The second kappa shape index (κ2) is 6.91. The van der Waals surface area contributed by atoms with Crippen LogP contribution >= 0.6 is 11.8 Å². The first-order valence-electron chi connectivity index (χ1n) is 6.05. The van der Waals surface area contributed by atoms with E-state index in [0.717, 1.165) is 17.4 Å². The molecule has 5 heteroatoms. The maximum absolute atomic E-state index is 5.88. The first kappa shape index (κ1) is 11.9. The summed E-state index contributed by atoms with van der Waals surface area (Å²) in [4.78, 5) is 0. The maximum Gasteiger partial charge on any atom is 0.138 e. The number of rotatable bonds is 5. The standard InChI is InChI=1S/C11H19N3OS/c1-2-4-6-10(5-3-1)15-7-8-16-11-9-12-14-13-11/h9-10H,1-8H2,(H,12,13,14). The minimum Gasteiger partial charge on any atom is -0.377 e. The fourth-order valence-electron chi connectivity index (χ4n) is 2.03. The van der Waals surface area contributed by atoms with Crippen LogP contribution < -0.4 is 0 Å². The average Bonchev–Trinajstić information content (AvgIpc) is 2.68. The zero-order valence-corrected chi connectivity index (χ0v) is 10.3. The Bertz CT molecular complexity index is 271. The summed E-state index contributed by atoms with van der Waals surface area (Å²) in [6, 6.07) is 0. The second-order valence-electron chi connectivity index (χ2n) is 4.14. The number of ether oxygens (including phenoxy) is 1. The quantitative estimate of drug-likeness (QED) is 0.489. The van der Waals surface area contributed by atoms with Gasteiger partial charge in [0.2, 0.25) is 0 Å². The molecule has 0 aliphatic heterocycles. The van der Waals surface area contributed by atoms with Gasteiger partial charge in [-0.15, -0.1) is 16.9 Å². The topological polar surface area (TPSA) is 50.8 Å². The Kier molecular flexibility index (Phi) is 5.15. The molecule has 1 fully saturated rings. The van der Waals surface area contributed by atoms with Gasteiger partial charge in [0.1, 0.15) is 5.03 Å². The van der Waals surface area contributed by atoms with Crippen molar-refractivity contribution in [1.82, 2.24) is 15.4 Å². The summed E-state index contributed by atoms with van der Waals surface area (Å²) in [5.74, 6) is 0.961. The molecule has 0 saturated heterocycles. The molecule has 1 aromatic rings. The Morgan fingerprint density at radius 2 is 2.12 bits per heavy atom. The Labute approximate surface area is 101 Å². The van der Waals surface area contributed by atoms with Gasteiger partial charge >= 0.3 is 0 Å². The van der Waals surface area contributed by atoms with Gasteiger partial charge in [0.25, 0.3) is 0 Å². The van der Waals surface area contributed by atoms with E-state index >= 15 is 0 Å². The van der Waals surface area contributed by atoms with E-state index in [-0.39, 0.29) is 0 Å². The van der Waals surface area contributed by atoms with Crippen LogP contribution in [0.25, 0.3) is 0 Å². The first-order chi connectivity index (χ1) is 7.95. The predicted octanol–water partition coefficient (Wildman–Crippen LogP) is 2.64. The van der Waals surface area contributed by atoms with Crippen molar-refractivity contribution in [3.8, 4) is 0 Å². The van der Waals surface area contributed by atoms with E-state index < -0.39 is 0 Å². The molecule has 1 aliphatic carbocycles. The lowest BCUT2D eigenvalue weighted by atomic mass is 10.1. The summed E-state index contributed by atoms with van der Waals surface area (Å²) >= 11 is 1.69. The van der Waals surface area contributed by atoms with E-state index in [1.54, 1.807) is 18.0 Å². The number of hydrogen-bond acceptors (Lipinski definition) is 4. The van der Waals surface area contributed by atoms with E-state index in [4.69, 9.17) is 4.74 Å². The lowest BCUT2D eigenvalue weighted by Crippen LogP contribution is -2.13. The minimum absolute atomic E-state index is 0.500. The minimum atomic E-state index is 0.500. The SMILES string of the molecule is c1n[nH]nc1SCCOC1CCCCCC1. The monoisotopic (exact) mass is 241 g/mol. The van der Waals surface area contributed by atoms with Crippen molar-refractivity contribution < 1.29 is 4.74 Å². The number of H-pyrrole nitrogens is 1. The zero-order valence-electron chi connectivity index (χ0n) is 9.52. The Balaban J connectivity index is 1.56. The molecule has 0 spiro atoms. The van der Waals surface area contributed by atoms with Crippen molar-refractivity contribution in [2.24, 2.45) is 0 Å². The average molecular weight is 241 g/mol. The molecule has 1 aromatic heterocycles. The number of aromatic nitrogens is 3. The molecule has 90 valence electrons. The molecule has 16 heavy (non-hydrogen) atoms. The van der Waals surface area contributed by atoms with Crippen LogP contribution in [0.4, 0.5) is 0 Å². The van der Waals surface area contributed by atoms with E-state index in [0.29, 0.717) is 6.10 Å². The summed E-state index contributed by atoms with van der Waals surface area (Å²) < 4.78 is 5.88. The van der Waals surface area contributed by atoms with Crippen molar-refractivity contribution >= 4 is 11.8 Å². The number of thioether (sulfide) groups is 1. The van der Waals surface area contributed by atoms with Crippen LogP contribution in [0.1, 0.15) is 38.5 Å². The number of aromatic amines is 1. The van der Waals surface area contributed by atoms with Crippen LogP contribution in [0.5, 0.6) is 0 Å². The Morgan fingerprint density at radius 3 is 2.81 bits per heavy atom. The molecule has 0 amide bonds. The van der Waals surface area contributed by atoms with E-state index in [2.05, 4.69) is 15.4 Å². The molecule has 1 saturated carbocycles. The molecule has 0 atom stereocenters. The van der Waals surface area contributed by atoms with Crippen LogP contribution in [0, 0.1) is 0 Å². The van der Waals surface area contributed by atoms with Crippen molar-refractivity contribution in [3.63, 3.8) is 0 Å². The molecule has 0 unspecified atom stereocenters. The molecule has 4 nitrogen and oxygen atoms in total. The lowest BCUT2D eigenvalue weighted by Gasteiger charge is -2.14. The Hall–Kier alpha value is -0.550. The molecule has 2 rings (SSSR count). The second-order valence-corrected chi connectivity index (χ2v) is 5.26. The van der Waals surface area contributed by atoms with Crippen LogP contribution in [-0.2, 0) is 4.74 Å². The van der Waals surface area contributed by atoms with Crippen molar-refractivity contribution in [3.05, 3.63) is 6.20 Å². The number of nitrogens with zero attached hydrogens (tertiary/aromatic N) is 2. The highest BCUT2D eigenvalue weighted by atomic mass is 32.2. The molecule has 1 aliphatic rings. The molecule has 0 bridgehead atoms. The van der Waals surface area contributed by atoms with Gasteiger partial charge in [-0.1, -0.05) is 25.7 Å². The summed E-state index contributed by atoms with van der Waals surface area (Å²) in [6.45, 7) is 0.822. The van der Waals surface area contributed by atoms with E-state index in [9.17, 15) is 0 Å². The first-order valence-corrected chi connectivity index (χ1v) is 7.04. The van der Waals surface area contributed by atoms with Gasteiger partial charge in [0.15, 0.2) is 0 Å². The Morgan fingerprint density at radius 1 is 1.31 bits per heavy atom. The van der Waals surface area contributed by atoms with Gasteiger partial charge in [-0.2, -0.15) is 10.3 Å². The van der Waals surface area contributed by atoms with E-state index in [1.807, 2.05) is 0 Å². The molecule has 1 heterocycles. The molecule has 1 N–H and O–H groups in total. The zero-order chi connectivity index (χ0) is 11.1. The summed E-state index contributed by atoms with van der Waals surface area (Å²) in [5.41, 5.74) is 0. The van der Waals surface area contributed by atoms with E-state index in [1.165, 1.54) is 38.5 Å². The normalized spacial score (nSPS) is 18.5. The number of nitrogens with one attached hydrogen (secondary N) is 1. The summed E-state index contributed by atoms with van der Waals surface area (Å²) in [5, 5.41) is 11.3. The van der Waals surface area contributed by atoms with Crippen LogP contribution in [0.3, 0.4) is 0 Å². The lowest BCUT2D eigenvalue weighted by molar-refractivity contribution is 0.0543. The smallest absolute Gasteiger partial charge is 0.138 e. The molecular formula is C11H19N3OS. The van der Waals surface area contributed by atoms with Crippen molar-refractivity contribution in [2.75, 3.05) is 12.4 Å². The molecule has 0 radical (unpaired) electrons. The van der Waals surface area contributed by atoms with Gasteiger partial charge in [0.05, 0.1) is 18.9 Å². The van der Waals surface area contributed by atoms with Gasteiger partial charge in [0, 0.05) is 5.75 Å². The van der Waals surface area contributed by atoms with Crippen LogP contribution in [-0.4, -0.2) is 33.9 Å². The predicted molar refractivity (Wildman–Crippen MR) is 64.5 cm³/mol. The summed E-state index contributed by atoms with van der Waals surface area (Å²) in [6.07, 6.45) is 10.2. The highest BCUT2D eigenvalue weighted by Crippen LogP contribution is 2.20. The van der Waals surface area contributed by atoms with Crippen LogP contribution in [0.15, 0.2) is 11.2 Å². The third-order valence-electron chi connectivity index (χ3n) is 2.88. The van der Waals surface area contributed by atoms with Gasteiger partial charge in [-0.3, -0.25) is 0 Å². The highest BCUT2D eigenvalue weighted by Gasteiger charge is 2.12. The van der Waals surface area contributed by atoms with Crippen molar-refractivity contribution in [1.29, 1.82) is 0 Å². The molecule has 0 aromatic carbocycles. The fourth-order valence-corrected chi connectivity index (χ4v) is 2.65. The third kappa shape index (κ3) is 4.14. The summed E-state index contributed by atoms with van der Waals surface area (Å²) in [7, 11) is 0. The van der Waals surface area contributed by atoms with Crippen molar-refractivity contribution in [2.45, 2.75) is 49.7 Å².